The van der Waals surface area contributed by atoms with E-state index in [-0.39, 0.29) is 53.1 Å². The Labute approximate surface area is 164 Å². The molecule has 1 fully saturated rings. The quantitative estimate of drug-likeness (QED) is 0.765. The SMILES string of the molecule is CC(SCC(=O)Nc1ccc(F)cc1)C(=O)N1CCCCC1C(C)N.Cl. The lowest BCUT2D eigenvalue weighted by Gasteiger charge is -2.39. The van der Waals surface area contributed by atoms with Gasteiger partial charge in [-0.05, 0) is 57.4 Å². The van der Waals surface area contributed by atoms with Crippen LogP contribution >= 0.6 is 24.2 Å². The zero-order chi connectivity index (χ0) is 18.4. The number of carbonyl (C=O) groups is 2. The molecule has 5 nitrogen and oxygen atoms in total. The Kier molecular flexibility index (Phi) is 9.39. The third kappa shape index (κ3) is 6.45. The molecule has 3 N–H and O–H groups in total. The van der Waals surface area contributed by atoms with Crippen molar-refractivity contribution in [3.05, 3.63) is 30.1 Å². The number of amides is 2. The smallest absolute Gasteiger partial charge is 0.235 e. The van der Waals surface area contributed by atoms with Gasteiger partial charge < -0.3 is 16.0 Å². The van der Waals surface area contributed by atoms with Crippen LogP contribution in [0.1, 0.15) is 33.1 Å². The monoisotopic (exact) mass is 403 g/mol. The number of nitrogens with one attached hydrogen (secondary N) is 1. The number of piperidine rings is 1. The van der Waals surface area contributed by atoms with Crippen molar-refractivity contribution >= 4 is 41.7 Å². The summed E-state index contributed by atoms with van der Waals surface area (Å²) in [4.78, 5) is 26.6. The lowest BCUT2D eigenvalue weighted by Crippen LogP contribution is -2.53. The number of thioether (sulfide) groups is 1. The van der Waals surface area contributed by atoms with Gasteiger partial charge in [-0.1, -0.05) is 0 Å². The maximum Gasteiger partial charge on any atom is 0.235 e. The highest BCUT2D eigenvalue weighted by molar-refractivity contribution is 8.01. The first-order valence-corrected chi connectivity index (χ1v) is 9.66. The number of carbonyl (C=O) groups excluding carboxylic acids is 2. The van der Waals surface area contributed by atoms with Crippen molar-refractivity contribution in [1.29, 1.82) is 0 Å². The molecule has 146 valence electrons. The van der Waals surface area contributed by atoms with Gasteiger partial charge in [0.1, 0.15) is 5.82 Å². The Bertz CT molecular complexity index is 601. The van der Waals surface area contributed by atoms with E-state index in [1.165, 1.54) is 36.0 Å². The van der Waals surface area contributed by atoms with Gasteiger partial charge in [-0.25, -0.2) is 4.39 Å². The van der Waals surface area contributed by atoms with E-state index in [4.69, 9.17) is 5.73 Å². The Morgan fingerprint density at radius 1 is 1.31 bits per heavy atom. The minimum absolute atomic E-state index is 0. The normalized spacial score (nSPS) is 19.2. The molecule has 8 heteroatoms. The molecule has 0 aromatic heterocycles. The molecule has 1 aromatic rings. The minimum Gasteiger partial charge on any atom is -0.337 e. The number of likely N-dealkylation sites (tertiary alicyclic amines) is 1. The fourth-order valence-corrected chi connectivity index (χ4v) is 3.76. The van der Waals surface area contributed by atoms with Gasteiger partial charge in [0.2, 0.25) is 11.8 Å². The Hall–Kier alpha value is -1.31. The fourth-order valence-electron chi connectivity index (χ4n) is 3.01. The minimum atomic E-state index is -0.350. The molecular formula is C18H27ClFN3O2S. The molecule has 1 aromatic carbocycles. The molecule has 2 amide bonds. The van der Waals surface area contributed by atoms with Crippen molar-refractivity contribution < 1.29 is 14.0 Å². The third-order valence-electron chi connectivity index (χ3n) is 4.38. The van der Waals surface area contributed by atoms with Crippen LogP contribution in [0.2, 0.25) is 0 Å². The number of halogens is 2. The van der Waals surface area contributed by atoms with Crippen molar-refractivity contribution in [2.45, 2.75) is 50.4 Å². The van der Waals surface area contributed by atoms with Gasteiger partial charge in [0.15, 0.2) is 0 Å². The summed E-state index contributed by atoms with van der Waals surface area (Å²) >= 11 is 1.30. The zero-order valence-corrected chi connectivity index (χ0v) is 16.7. The zero-order valence-electron chi connectivity index (χ0n) is 15.1. The third-order valence-corrected chi connectivity index (χ3v) is 5.51. The number of benzene rings is 1. The van der Waals surface area contributed by atoms with Crippen LogP contribution in [0, 0.1) is 5.82 Å². The van der Waals surface area contributed by atoms with Crippen LogP contribution in [0.3, 0.4) is 0 Å². The van der Waals surface area contributed by atoms with Gasteiger partial charge in [-0.3, -0.25) is 9.59 Å². The summed E-state index contributed by atoms with van der Waals surface area (Å²) < 4.78 is 12.9. The number of nitrogens with zero attached hydrogens (tertiary/aromatic N) is 1. The van der Waals surface area contributed by atoms with Gasteiger partial charge in [0.25, 0.3) is 0 Å². The van der Waals surface area contributed by atoms with Gasteiger partial charge in [-0.2, -0.15) is 0 Å². The second-order valence-electron chi connectivity index (χ2n) is 6.46. The van der Waals surface area contributed by atoms with Gasteiger partial charge in [0.05, 0.1) is 11.0 Å². The number of anilines is 1. The first-order chi connectivity index (χ1) is 11.9. The van der Waals surface area contributed by atoms with Crippen LogP contribution in [0.25, 0.3) is 0 Å². The number of rotatable bonds is 6. The van der Waals surface area contributed by atoms with E-state index in [0.29, 0.717) is 5.69 Å². The van der Waals surface area contributed by atoms with Crippen molar-refractivity contribution in [3.8, 4) is 0 Å². The van der Waals surface area contributed by atoms with E-state index < -0.39 is 0 Å². The van der Waals surface area contributed by atoms with E-state index in [9.17, 15) is 14.0 Å². The van der Waals surface area contributed by atoms with Crippen LogP contribution in [-0.2, 0) is 9.59 Å². The van der Waals surface area contributed by atoms with Crippen LogP contribution < -0.4 is 11.1 Å². The van der Waals surface area contributed by atoms with Crippen molar-refractivity contribution in [3.63, 3.8) is 0 Å². The Balaban J connectivity index is 0.00000338. The molecule has 0 bridgehead atoms. The summed E-state index contributed by atoms with van der Waals surface area (Å²) in [6.07, 6.45) is 3.03. The Morgan fingerprint density at radius 2 is 1.96 bits per heavy atom. The first-order valence-electron chi connectivity index (χ1n) is 8.61. The molecular weight excluding hydrogens is 377 g/mol. The largest absolute Gasteiger partial charge is 0.337 e. The second kappa shape index (κ2) is 10.7. The summed E-state index contributed by atoms with van der Waals surface area (Å²) in [5, 5.41) is 2.39. The summed E-state index contributed by atoms with van der Waals surface area (Å²) in [6.45, 7) is 4.49. The van der Waals surface area contributed by atoms with Gasteiger partial charge in [0, 0.05) is 24.3 Å². The molecule has 0 aliphatic carbocycles. The van der Waals surface area contributed by atoms with Crippen LogP contribution in [0.5, 0.6) is 0 Å². The molecule has 0 saturated carbocycles. The molecule has 1 saturated heterocycles. The van der Waals surface area contributed by atoms with Crippen molar-refractivity contribution in [2.24, 2.45) is 5.73 Å². The predicted octanol–water partition coefficient (Wildman–Crippen LogP) is 3.04. The summed E-state index contributed by atoms with van der Waals surface area (Å²) in [7, 11) is 0. The molecule has 1 aliphatic rings. The summed E-state index contributed by atoms with van der Waals surface area (Å²) in [5.74, 6) is -0.349. The molecule has 0 spiro atoms. The average Bonchev–Trinajstić information content (AvgIpc) is 2.61. The number of hydrogen-bond donors (Lipinski definition) is 2. The van der Waals surface area contributed by atoms with Crippen LogP contribution in [-0.4, -0.2) is 46.3 Å². The molecule has 26 heavy (non-hydrogen) atoms. The van der Waals surface area contributed by atoms with Crippen LogP contribution in [0.15, 0.2) is 24.3 Å². The standard InChI is InChI=1S/C18H26FN3O2S.ClH/c1-12(20)16-5-3-4-10-22(16)18(24)13(2)25-11-17(23)21-15-8-6-14(19)7-9-15;/h6-9,12-13,16H,3-5,10-11,20H2,1-2H3,(H,21,23);1H. The van der Waals surface area contributed by atoms with Crippen molar-refractivity contribution in [1.82, 2.24) is 4.90 Å². The van der Waals surface area contributed by atoms with Gasteiger partial charge >= 0.3 is 0 Å². The fraction of sp³-hybridized carbons (Fsp3) is 0.556. The van der Waals surface area contributed by atoms with E-state index in [0.717, 1.165) is 25.8 Å². The molecule has 3 unspecified atom stereocenters. The maximum absolute atomic E-state index is 12.9. The summed E-state index contributed by atoms with van der Waals surface area (Å²) in [5.41, 5.74) is 6.56. The number of nitrogens with two attached hydrogens (primary N) is 1. The summed E-state index contributed by atoms with van der Waals surface area (Å²) in [6, 6.07) is 5.63. The highest BCUT2D eigenvalue weighted by Gasteiger charge is 2.31. The van der Waals surface area contributed by atoms with E-state index in [1.807, 2.05) is 18.7 Å². The maximum atomic E-state index is 12.9. The van der Waals surface area contributed by atoms with Gasteiger partial charge in [-0.15, -0.1) is 24.2 Å². The molecule has 1 heterocycles. The average molecular weight is 404 g/mol. The topological polar surface area (TPSA) is 75.4 Å². The Morgan fingerprint density at radius 3 is 2.58 bits per heavy atom. The highest BCUT2D eigenvalue weighted by atomic mass is 35.5. The van der Waals surface area contributed by atoms with Crippen molar-refractivity contribution in [2.75, 3.05) is 17.6 Å². The van der Waals surface area contributed by atoms with E-state index >= 15 is 0 Å². The highest BCUT2D eigenvalue weighted by Crippen LogP contribution is 2.23. The lowest BCUT2D eigenvalue weighted by molar-refractivity contribution is -0.134. The second-order valence-corrected chi connectivity index (χ2v) is 7.79. The van der Waals surface area contributed by atoms with E-state index in [1.54, 1.807) is 0 Å². The van der Waals surface area contributed by atoms with Crippen LogP contribution in [0.4, 0.5) is 10.1 Å². The molecule has 1 aliphatic heterocycles. The first kappa shape index (κ1) is 22.7. The molecule has 3 atom stereocenters. The molecule has 0 radical (unpaired) electrons. The number of hydrogen-bond acceptors (Lipinski definition) is 4. The lowest BCUT2D eigenvalue weighted by atomic mass is 9.96. The van der Waals surface area contributed by atoms with E-state index in [2.05, 4.69) is 5.32 Å². The predicted molar refractivity (Wildman–Crippen MR) is 107 cm³/mol. The molecule has 2 rings (SSSR count).